The molecule has 0 bridgehead atoms. The molecule has 0 radical (unpaired) electrons. The lowest BCUT2D eigenvalue weighted by Crippen LogP contribution is -2.54. The van der Waals surface area contributed by atoms with Gasteiger partial charge in [-0.3, -0.25) is 9.78 Å². The maximum Gasteiger partial charge on any atom is 0.251 e. The molecule has 1 aromatic heterocycles. The second-order valence-corrected chi connectivity index (χ2v) is 7.57. The predicted octanol–water partition coefficient (Wildman–Crippen LogP) is 4.24. The average Bonchev–Trinajstić information content (AvgIpc) is 2.78. The smallest absolute Gasteiger partial charge is 0.251 e. The topological polar surface area (TPSA) is 63.7 Å². The molecule has 0 aliphatic carbocycles. The Bertz CT molecular complexity index is 985. The van der Waals surface area contributed by atoms with E-state index in [1.807, 2.05) is 50.2 Å². The Balaban J connectivity index is 1.26. The van der Waals surface area contributed by atoms with Crippen molar-refractivity contribution in [3.63, 3.8) is 0 Å². The zero-order valence-corrected chi connectivity index (χ0v) is 17.8. The highest BCUT2D eigenvalue weighted by atomic mass is 16.5. The van der Waals surface area contributed by atoms with E-state index < -0.39 is 0 Å². The molecule has 1 aliphatic heterocycles. The number of pyridine rings is 1. The van der Waals surface area contributed by atoms with Crippen molar-refractivity contribution >= 4 is 11.6 Å². The van der Waals surface area contributed by atoms with Crippen LogP contribution in [0.15, 0.2) is 73.1 Å². The van der Waals surface area contributed by atoms with Gasteiger partial charge in [-0.05, 0) is 67.9 Å². The lowest BCUT2D eigenvalue weighted by Gasteiger charge is -2.40. The van der Waals surface area contributed by atoms with Crippen LogP contribution in [0.3, 0.4) is 0 Å². The summed E-state index contributed by atoms with van der Waals surface area (Å²) in [7, 11) is 0. The minimum absolute atomic E-state index is 0.103. The van der Waals surface area contributed by atoms with Crippen molar-refractivity contribution in [1.82, 2.24) is 10.3 Å². The Morgan fingerprint density at radius 2 is 1.68 bits per heavy atom. The summed E-state index contributed by atoms with van der Waals surface area (Å²) < 4.78 is 11.6. The van der Waals surface area contributed by atoms with Crippen LogP contribution >= 0.6 is 0 Å². The molecule has 1 atom stereocenters. The minimum atomic E-state index is -0.112. The maximum absolute atomic E-state index is 12.3. The van der Waals surface area contributed by atoms with Gasteiger partial charge < -0.3 is 19.7 Å². The molecule has 0 unspecified atom stereocenters. The van der Waals surface area contributed by atoms with Crippen LogP contribution in [0, 0.1) is 0 Å². The second kappa shape index (κ2) is 9.51. The van der Waals surface area contributed by atoms with Crippen molar-refractivity contribution in [1.29, 1.82) is 0 Å². The summed E-state index contributed by atoms with van der Waals surface area (Å²) in [6, 6.07) is 19.4. The summed E-state index contributed by atoms with van der Waals surface area (Å²) in [5.41, 5.74) is 2.81. The minimum Gasteiger partial charge on any atom is -0.494 e. The summed E-state index contributed by atoms with van der Waals surface area (Å²) in [4.78, 5) is 18.5. The predicted molar refractivity (Wildman–Crippen MR) is 121 cm³/mol. The fraction of sp³-hybridized carbons (Fsp3) is 0.280. The van der Waals surface area contributed by atoms with E-state index in [2.05, 4.69) is 27.3 Å². The number of ether oxygens (including phenoxy) is 2. The molecule has 4 rings (SSSR count). The van der Waals surface area contributed by atoms with Gasteiger partial charge in [-0.2, -0.15) is 0 Å². The first-order valence-electron chi connectivity index (χ1n) is 10.6. The third kappa shape index (κ3) is 5.15. The molecular formula is C25H27N3O3. The molecule has 1 aliphatic rings. The zero-order chi connectivity index (χ0) is 21.6. The average molecular weight is 418 g/mol. The van der Waals surface area contributed by atoms with E-state index in [-0.39, 0.29) is 18.1 Å². The van der Waals surface area contributed by atoms with Gasteiger partial charge in [0, 0.05) is 23.6 Å². The molecule has 6 nitrogen and oxygen atoms in total. The van der Waals surface area contributed by atoms with Gasteiger partial charge >= 0.3 is 0 Å². The fourth-order valence-electron chi connectivity index (χ4n) is 3.54. The standard InChI is InChI=1S/C25H27N3O3/c1-3-30-22-10-6-21(7-11-22)28-16-24(17-28)31-23-8-4-19(5-9-23)18(2)27-25(29)20-12-14-26-15-13-20/h4-15,18,24H,3,16-17H2,1-2H3,(H,27,29)/t18-/m0/s1. The molecule has 31 heavy (non-hydrogen) atoms. The number of nitrogens with one attached hydrogen (secondary N) is 1. The molecule has 2 aromatic carbocycles. The highest BCUT2D eigenvalue weighted by Gasteiger charge is 2.28. The van der Waals surface area contributed by atoms with E-state index >= 15 is 0 Å². The van der Waals surface area contributed by atoms with Crippen LogP contribution in [-0.4, -0.2) is 36.7 Å². The van der Waals surface area contributed by atoms with Crippen molar-refractivity contribution < 1.29 is 14.3 Å². The number of rotatable bonds is 8. The van der Waals surface area contributed by atoms with Crippen molar-refractivity contribution in [2.75, 3.05) is 24.6 Å². The van der Waals surface area contributed by atoms with Gasteiger partial charge in [-0.15, -0.1) is 0 Å². The molecule has 1 amide bonds. The Kier molecular flexibility index (Phi) is 6.36. The van der Waals surface area contributed by atoms with Gasteiger partial charge in [0.1, 0.15) is 17.6 Å². The number of hydrogen-bond donors (Lipinski definition) is 1. The maximum atomic E-state index is 12.3. The van der Waals surface area contributed by atoms with Crippen LogP contribution in [0.4, 0.5) is 5.69 Å². The monoisotopic (exact) mass is 417 g/mol. The lowest BCUT2D eigenvalue weighted by molar-refractivity contribution is 0.0940. The van der Waals surface area contributed by atoms with Crippen LogP contribution in [0.2, 0.25) is 0 Å². The number of aromatic nitrogens is 1. The van der Waals surface area contributed by atoms with E-state index in [1.54, 1.807) is 24.5 Å². The number of carbonyl (C=O) groups is 1. The molecule has 0 spiro atoms. The normalized spacial score (nSPS) is 14.5. The van der Waals surface area contributed by atoms with Crippen LogP contribution in [-0.2, 0) is 0 Å². The van der Waals surface area contributed by atoms with Gasteiger partial charge in [0.2, 0.25) is 0 Å². The first kappa shape index (κ1) is 20.7. The number of hydrogen-bond acceptors (Lipinski definition) is 5. The summed E-state index contributed by atoms with van der Waals surface area (Å²) in [6.07, 6.45) is 3.40. The Morgan fingerprint density at radius 3 is 2.32 bits per heavy atom. The molecular weight excluding hydrogens is 390 g/mol. The first-order chi connectivity index (χ1) is 15.1. The Hall–Kier alpha value is -3.54. The van der Waals surface area contributed by atoms with Gasteiger partial charge in [0.25, 0.3) is 5.91 Å². The van der Waals surface area contributed by atoms with Crippen LogP contribution in [0.1, 0.15) is 35.8 Å². The number of anilines is 1. The fourth-order valence-corrected chi connectivity index (χ4v) is 3.54. The van der Waals surface area contributed by atoms with E-state index in [4.69, 9.17) is 9.47 Å². The zero-order valence-electron chi connectivity index (χ0n) is 17.8. The van der Waals surface area contributed by atoms with Crippen LogP contribution in [0.25, 0.3) is 0 Å². The third-order valence-corrected chi connectivity index (χ3v) is 5.33. The molecule has 2 heterocycles. The molecule has 1 fully saturated rings. The van der Waals surface area contributed by atoms with Crippen molar-refractivity contribution in [3.05, 3.63) is 84.2 Å². The first-order valence-corrected chi connectivity index (χ1v) is 10.6. The number of nitrogens with zero attached hydrogens (tertiary/aromatic N) is 2. The second-order valence-electron chi connectivity index (χ2n) is 7.57. The Morgan fingerprint density at radius 1 is 1.03 bits per heavy atom. The van der Waals surface area contributed by atoms with Crippen LogP contribution < -0.4 is 19.7 Å². The summed E-state index contributed by atoms with van der Waals surface area (Å²) >= 11 is 0. The molecule has 3 aromatic rings. The Labute approximate surface area is 182 Å². The van der Waals surface area contributed by atoms with E-state index in [0.717, 1.165) is 30.2 Å². The number of amides is 1. The van der Waals surface area contributed by atoms with E-state index in [0.29, 0.717) is 12.2 Å². The molecule has 0 saturated carbocycles. The van der Waals surface area contributed by atoms with Gasteiger partial charge in [0.15, 0.2) is 0 Å². The van der Waals surface area contributed by atoms with Gasteiger partial charge in [-0.25, -0.2) is 0 Å². The highest BCUT2D eigenvalue weighted by molar-refractivity contribution is 5.94. The SMILES string of the molecule is CCOc1ccc(N2CC(Oc3ccc([C@H](C)NC(=O)c4ccncc4)cc3)C2)cc1. The summed E-state index contributed by atoms with van der Waals surface area (Å²) in [5, 5.41) is 3.01. The van der Waals surface area contributed by atoms with Gasteiger partial charge in [-0.1, -0.05) is 12.1 Å². The van der Waals surface area contributed by atoms with E-state index in [9.17, 15) is 4.79 Å². The molecule has 160 valence electrons. The number of benzene rings is 2. The third-order valence-electron chi connectivity index (χ3n) is 5.33. The van der Waals surface area contributed by atoms with Crippen molar-refractivity contribution in [2.24, 2.45) is 0 Å². The summed E-state index contributed by atoms with van der Waals surface area (Å²) in [5.74, 6) is 1.62. The summed E-state index contributed by atoms with van der Waals surface area (Å²) in [6.45, 7) is 6.34. The largest absolute Gasteiger partial charge is 0.494 e. The molecule has 1 saturated heterocycles. The van der Waals surface area contributed by atoms with Crippen molar-refractivity contribution in [2.45, 2.75) is 26.0 Å². The van der Waals surface area contributed by atoms with Gasteiger partial charge in [0.05, 0.1) is 25.7 Å². The highest BCUT2D eigenvalue weighted by Crippen LogP contribution is 2.27. The van der Waals surface area contributed by atoms with Crippen LogP contribution in [0.5, 0.6) is 11.5 Å². The quantitative estimate of drug-likeness (QED) is 0.594. The molecule has 1 N–H and O–H groups in total. The lowest BCUT2D eigenvalue weighted by atomic mass is 10.1. The van der Waals surface area contributed by atoms with Crippen molar-refractivity contribution in [3.8, 4) is 11.5 Å². The van der Waals surface area contributed by atoms with E-state index in [1.165, 1.54) is 5.69 Å². The number of carbonyl (C=O) groups excluding carboxylic acids is 1. The molecule has 6 heteroatoms.